The zero-order chi connectivity index (χ0) is 11.1. The summed E-state index contributed by atoms with van der Waals surface area (Å²) in [7, 11) is 1.98. The Hall–Kier alpha value is -1.83. The molecule has 0 N–H and O–H groups in total. The van der Waals surface area contributed by atoms with Gasteiger partial charge in [0.05, 0.1) is 0 Å². The number of rotatable bonds is 4. The average molecular weight is 200 g/mol. The van der Waals surface area contributed by atoms with Crippen molar-refractivity contribution in [3.63, 3.8) is 0 Å². The van der Waals surface area contributed by atoms with Crippen molar-refractivity contribution >= 4 is 11.9 Å². The molecule has 0 aliphatic carbocycles. The second kappa shape index (κ2) is 5.81. The van der Waals surface area contributed by atoms with Gasteiger partial charge in [-0.2, -0.15) is 0 Å². The van der Waals surface area contributed by atoms with E-state index in [1.165, 1.54) is 0 Å². The lowest BCUT2D eigenvalue weighted by Crippen LogP contribution is -2.14. The second-order valence-electron chi connectivity index (χ2n) is 3.04. The van der Waals surface area contributed by atoms with Gasteiger partial charge in [-0.3, -0.25) is 0 Å². The molecule has 0 aliphatic rings. The van der Waals surface area contributed by atoms with Crippen LogP contribution in [0.15, 0.2) is 59.9 Å². The van der Waals surface area contributed by atoms with Gasteiger partial charge in [-0.05, 0) is 25.1 Å². The molecule has 2 heteroatoms. The number of para-hydroxylation sites is 1. The second-order valence-corrected chi connectivity index (χ2v) is 3.04. The predicted molar refractivity (Wildman–Crippen MR) is 67.3 cm³/mol. The molecule has 0 amide bonds. The molecule has 0 unspecified atom stereocenters. The maximum Gasteiger partial charge on any atom is 0.132 e. The molecule has 0 saturated heterocycles. The number of aliphatic imine (C=N–C) groups is 1. The lowest BCUT2D eigenvalue weighted by Gasteiger charge is -2.19. The first kappa shape index (κ1) is 11.2. The van der Waals surface area contributed by atoms with Crippen LogP contribution < -0.4 is 4.90 Å². The summed E-state index contributed by atoms with van der Waals surface area (Å²) in [5.74, 6) is 0.874. The van der Waals surface area contributed by atoms with Gasteiger partial charge in [0.25, 0.3) is 0 Å². The molecule has 0 heterocycles. The quantitative estimate of drug-likeness (QED) is 0.538. The van der Waals surface area contributed by atoms with Gasteiger partial charge < -0.3 is 4.90 Å². The van der Waals surface area contributed by atoms with Gasteiger partial charge in [0, 0.05) is 18.9 Å². The molecule has 1 aromatic carbocycles. The molecule has 1 aromatic rings. The van der Waals surface area contributed by atoms with Gasteiger partial charge in [0.2, 0.25) is 0 Å². The van der Waals surface area contributed by atoms with Crippen molar-refractivity contribution in [1.82, 2.24) is 0 Å². The van der Waals surface area contributed by atoms with Crippen LogP contribution in [0, 0.1) is 0 Å². The van der Waals surface area contributed by atoms with Crippen molar-refractivity contribution in [1.29, 1.82) is 0 Å². The Balaban J connectivity index is 2.96. The zero-order valence-electron chi connectivity index (χ0n) is 9.22. The summed E-state index contributed by atoms with van der Waals surface area (Å²) in [4.78, 5) is 6.30. The summed E-state index contributed by atoms with van der Waals surface area (Å²) in [6.45, 7) is 5.58. The van der Waals surface area contributed by atoms with Crippen molar-refractivity contribution in [3.05, 3.63) is 54.9 Å². The molecule has 1 rings (SSSR count). The first-order chi connectivity index (χ1) is 7.29. The van der Waals surface area contributed by atoms with Crippen molar-refractivity contribution in [2.24, 2.45) is 4.99 Å². The van der Waals surface area contributed by atoms with Crippen molar-refractivity contribution in [2.75, 3.05) is 11.9 Å². The van der Waals surface area contributed by atoms with Crippen LogP contribution in [0.3, 0.4) is 0 Å². The maximum atomic E-state index is 4.28. The van der Waals surface area contributed by atoms with Gasteiger partial charge in [0.1, 0.15) is 5.82 Å². The van der Waals surface area contributed by atoms with Crippen molar-refractivity contribution in [2.45, 2.75) is 6.92 Å². The Morgan fingerprint density at radius 2 is 2.00 bits per heavy atom. The first-order valence-electron chi connectivity index (χ1n) is 4.89. The smallest absolute Gasteiger partial charge is 0.132 e. The number of hydrogen-bond donors (Lipinski definition) is 0. The van der Waals surface area contributed by atoms with Crippen LogP contribution in [0.4, 0.5) is 5.69 Å². The van der Waals surface area contributed by atoms with E-state index in [1.54, 1.807) is 12.3 Å². The molecule has 0 aromatic heterocycles. The van der Waals surface area contributed by atoms with Crippen LogP contribution in [0.5, 0.6) is 0 Å². The van der Waals surface area contributed by atoms with Crippen LogP contribution >= 0.6 is 0 Å². The molecule has 0 saturated carbocycles. The van der Waals surface area contributed by atoms with Gasteiger partial charge in [0.15, 0.2) is 0 Å². The molecular weight excluding hydrogens is 184 g/mol. The molecule has 78 valence electrons. The summed E-state index contributed by atoms with van der Waals surface area (Å²) in [5, 5.41) is 0. The molecule has 2 nitrogen and oxygen atoms in total. The molecule has 0 spiro atoms. The fraction of sp³-hybridized carbons (Fsp3) is 0.154. The van der Waals surface area contributed by atoms with Crippen molar-refractivity contribution < 1.29 is 0 Å². The summed E-state index contributed by atoms with van der Waals surface area (Å²) in [5.41, 5.74) is 1.11. The molecular formula is C13H16N2. The Morgan fingerprint density at radius 1 is 1.33 bits per heavy atom. The number of anilines is 1. The average Bonchev–Trinajstić information content (AvgIpc) is 2.29. The van der Waals surface area contributed by atoms with Crippen LogP contribution in [-0.2, 0) is 0 Å². The van der Waals surface area contributed by atoms with E-state index in [4.69, 9.17) is 0 Å². The zero-order valence-corrected chi connectivity index (χ0v) is 9.22. The Labute approximate surface area is 91.3 Å². The maximum absolute atomic E-state index is 4.28. The fourth-order valence-electron chi connectivity index (χ4n) is 1.26. The summed E-state index contributed by atoms with van der Waals surface area (Å²) < 4.78 is 0. The highest BCUT2D eigenvalue weighted by Gasteiger charge is 2.02. The summed E-state index contributed by atoms with van der Waals surface area (Å²) >= 11 is 0. The van der Waals surface area contributed by atoms with E-state index >= 15 is 0 Å². The van der Waals surface area contributed by atoms with Crippen LogP contribution in [0.1, 0.15) is 6.92 Å². The Morgan fingerprint density at radius 3 is 2.53 bits per heavy atom. The lowest BCUT2D eigenvalue weighted by atomic mass is 10.3. The topological polar surface area (TPSA) is 15.6 Å². The molecule has 0 fully saturated rings. The fourth-order valence-corrected chi connectivity index (χ4v) is 1.26. The Bertz CT molecular complexity index is 363. The number of benzene rings is 1. The van der Waals surface area contributed by atoms with Crippen LogP contribution in [0.25, 0.3) is 0 Å². The molecule has 15 heavy (non-hydrogen) atoms. The third-order valence-electron chi connectivity index (χ3n) is 2.02. The van der Waals surface area contributed by atoms with E-state index in [1.807, 2.05) is 55.3 Å². The SMILES string of the molecule is C=C/C=C(\N=C/C)N(C)c1ccccc1. The molecule has 0 atom stereocenters. The normalized spacial score (nSPS) is 11.7. The van der Waals surface area contributed by atoms with E-state index in [0.717, 1.165) is 11.5 Å². The number of allylic oxidation sites excluding steroid dienone is 2. The third-order valence-corrected chi connectivity index (χ3v) is 2.02. The highest BCUT2D eigenvalue weighted by atomic mass is 15.2. The van der Waals surface area contributed by atoms with E-state index in [2.05, 4.69) is 11.6 Å². The van der Waals surface area contributed by atoms with Gasteiger partial charge in [-0.15, -0.1) is 0 Å². The summed E-state index contributed by atoms with van der Waals surface area (Å²) in [6.07, 6.45) is 5.39. The minimum Gasteiger partial charge on any atom is -0.329 e. The highest BCUT2D eigenvalue weighted by molar-refractivity contribution is 5.59. The van der Waals surface area contributed by atoms with E-state index in [-0.39, 0.29) is 0 Å². The Kier molecular flexibility index (Phi) is 4.35. The number of hydrogen-bond acceptors (Lipinski definition) is 2. The van der Waals surface area contributed by atoms with E-state index in [0.29, 0.717) is 0 Å². The van der Waals surface area contributed by atoms with E-state index in [9.17, 15) is 0 Å². The number of nitrogens with zero attached hydrogens (tertiary/aromatic N) is 2. The third kappa shape index (κ3) is 3.09. The van der Waals surface area contributed by atoms with Gasteiger partial charge in [-0.1, -0.05) is 30.9 Å². The standard InChI is InChI=1S/C13H16N2/c1-4-9-13(14-5-2)15(3)12-10-7-6-8-11-12/h4-11H,1H2,2-3H3/b13-9+,14-5-. The molecule has 0 radical (unpaired) electrons. The van der Waals surface area contributed by atoms with Crippen LogP contribution in [0.2, 0.25) is 0 Å². The first-order valence-corrected chi connectivity index (χ1v) is 4.89. The monoisotopic (exact) mass is 200 g/mol. The van der Waals surface area contributed by atoms with Gasteiger partial charge in [-0.25, -0.2) is 4.99 Å². The van der Waals surface area contributed by atoms with Gasteiger partial charge >= 0.3 is 0 Å². The minimum atomic E-state index is 0.874. The predicted octanol–water partition coefficient (Wildman–Crippen LogP) is 3.24. The van der Waals surface area contributed by atoms with Crippen LogP contribution in [-0.4, -0.2) is 13.3 Å². The van der Waals surface area contributed by atoms with Crippen molar-refractivity contribution in [3.8, 4) is 0 Å². The largest absolute Gasteiger partial charge is 0.329 e. The molecule has 0 aliphatic heterocycles. The van der Waals surface area contributed by atoms with E-state index < -0.39 is 0 Å². The summed E-state index contributed by atoms with van der Waals surface area (Å²) in [6, 6.07) is 10.1. The highest BCUT2D eigenvalue weighted by Crippen LogP contribution is 2.16. The molecule has 0 bridgehead atoms. The lowest BCUT2D eigenvalue weighted by molar-refractivity contribution is 1.06. The minimum absolute atomic E-state index is 0.874.